The van der Waals surface area contributed by atoms with Crippen LogP contribution in [0.25, 0.3) is 0 Å². The van der Waals surface area contributed by atoms with Crippen LogP contribution in [0.1, 0.15) is 33.6 Å². The third kappa shape index (κ3) is 2.24. The molecular formula is C14H12N4O4. The van der Waals surface area contributed by atoms with Crippen molar-refractivity contribution in [3.8, 4) is 0 Å². The molecule has 2 N–H and O–H groups in total. The zero-order chi connectivity index (χ0) is 15.9. The summed E-state index contributed by atoms with van der Waals surface area (Å²) >= 11 is 0. The zero-order valence-electron chi connectivity index (χ0n) is 11.7. The van der Waals surface area contributed by atoms with Gasteiger partial charge in [-0.15, -0.1) is 0 Å². The number of hydrogen-bond donors (Lipinski definition) is 2. The van der Waals surface area contributed by atoms with E-state index in [2.05, 4.69) is 15.8 Å². The summed E-state index contributed by atoms with van der Waals surface area (Å²) in [5, 5.41) is 6.30. The van der Waals surface area contributed by atoms with Crippen LogP contribution >= 0.6 is 0 Å². The number of anilines is 1. The number of rotatable bonds is 2. The quantitative estimate of drug-likeness (QED) is 0.756. The van der Waals surface area contributed by atoms with E-state index in [0.29, 0.717) is 11.3 Å². The predicted molar refractivity (Wildman–Crippen MR) is 76.3 cm³/mol. The van der Waals surface area contributed by atoms with Crippen LogP contribution in [0, 0.1) is 0 Å². The molecule has 8 heteroatoms. The Kier molecular flexibility index (Phi) is 3.21. The number of benzene rings is 1. The van der Waals surface area contributed by atoms with E-state index in [-0.39, 0.29) is 35.9 Å². The lowest BCUT2D eigenvalue weighted by Gasteiger charge is -2.12. The van der Waals surface area contributed by atoms with Gasteiger partial charge in [0.05, 0.1) is 11.1 Å². The molecule has 0 unspecified atom stereocenters. The van der Waals surface area contributed by atoms with Crippen molar-refractivity contribution in [1.82, 2.24) is 10.3 Å². The number of hydrazone groups is 1. The molecule has 22 heavy (non-hydrogen) atoms. The molecule has 2 heterocycles. The highest BCUT2D eigenvalue weighted by molar-refractivity contribution is 6.43. The molecule has 1 aromatic carbocycles. The Hall–Kier alpha value is -3.03. The van der Waals surface area contributed by atoms with E-state index < -0.39 is 11.8 Å². The van der Waals surface area contributed by atoms with Crippen LogP contribution in [0.5, 0.6) is 0 Å². The van der Waals surface area contributed by atoms with E-state index >= 15 is 0 Å². The van der Waals surface area contributed by atoms with Crippen LogP contribution in [-0.2, 0) is 9.59 Å². The Morgan fingerprint density at radius 1 is 1.18 bits per heavy atom. The van der Waals surface area contributed by atoms with E-state index in [1.54, 1.807) is 6.07 Å². The first-order valence-corrected chi connectivity index (χ1v) is 6.60. The molecule has 0 saturated carbocycles. The summed E-state index contributed by atoms with van der Waals surface area (Å²) in [6.45, 7) is 0. The van der Waals surface area contributed by atoms with Crippen molar-refractivity contribution in [1.29, 1.82) is 0 Å². The molecule has 0 saturated heterocycles. The number of carbonyl (C=O) groups excluding carboxylic acids is 4. The highest BCUT2D eigenvalue weighted by Crippen LogP contribution is 2.24. The summed E-state index contributed by atoms with van der Waals surface area (Å²) in [6.07, 6.45) is 0.455. The molecule has 0 atom stereocenters. The molecule has 4 amide bonds. The van der Waals surface area contributed by atoms with Crippen LogP contribution in [0.15, 0.2) is 23.3 Å². The van der Waals surface area contributed by atoms with Gasteiger partial charge in [-0.1, -0.05) is 0 Å². The molecule has 0 radical (unpaired) electrons. The fourth-order valence-electron chi connectivity index (χ4n) is 2.28. The van der Waals surface area contributed by atoms with Crippen molar-refractivity contribution in [2.24, 2.45) is 5.10 Å². The van der Waals surface area contributed by atoms with E-state index in [4.69, 9.17) is 0 Å². The normalized spacial score (nSPS) is 17.0. The summed E-state index contributed by atoms with van der Waals surface area (Å²) in [5.41, 5.74) is 3.41. The SMILES string of the molecule is CN1C(=O)c2ccc(NC(=O)C3=NNC(=O)CC3)cc2C1=O. The van der Waals surface area contributed by atoms with E-state index in [9.17, 15) is 19.2 Å². The maximum Gasteiger partial charge on any atom is 0.271 e. The Labute approximate surface area is 125 Å². The second-order valence-corrected chi connectivity index (χ2v) is 4.98. The number of imide groups is 1. The van der Waals surface area contributed by atoms with Crippen LogP contribution in [0.3, 0.4) is 0 Å². The first-order chi connectivity index (χ1) is 10.5. The van der Waals surface area contributed by atoms with Gasteiger partial charge in [-0.05, 0) is 18.2 Å². The zero-order valence-corrected chi connectivity index (χ0v) is 11.7. The molecule has 8 nitrogen and oxygen atoms in total. The lowest BCUT2D eigenvalue weighted by atomic mass is 10.1. The minimum absolute atomic E-state index is 0.203. The van der Waals surface area contributed by atoms with Gasteiger partial charge >= 0.3 is 0 Å². The van der Waals surface area contributed by atoms with Gasteiger partial charge in [-0.25, -0.2) is 5.43 Å². The van der Waals surface area contributed by atoms with Crippen molar-refractivity contribution in [2.75, 3.05) is 12.4 Å². The Morgan fingerprint density at radius 2 is 1.91 bits per heavy atom. The van der Waals surface area contributed by atoms with E-state index in [0.717, 1.165) is 4.90 Å². The Balaban J connectivity index is 1.80. The smallest absolute Gasteiger partial charge is 0.271 e. The largest absolute Gasteiger partial charge is 0.321 e. The summed E-state index contributed by atoms with van der Waals surface area (Å²) in [4.78, 5) is 47.7. The number of nitrogens with one attached hydrogen (secondary N) is 2. The first-order valence-electron chi connectivity index (χ1n) is 6.60. The van der Waals surface area contributed by atoms with Gasteiger partial charge in [0.15, 0.2) is 0 Å². The fourth-order valence-corrected chi connectivity index (χ4v) is 2.28. The molecule has 3 rings (SSSR count). The van der Waals surface area contributed by atoms with Crippen LogP contribution in [0.2, 0.25) is 0 Å². The van der Waals surface area contributed by atoms with Crippen LogP contribution in [0.4, 0.5) is 5.69 Å². The predicted octanol–water partition coefficient (Wildman–Crippen LogP) is 0.117. The number of nitrogens with zero attached hydrogens (tertiary/aromatic N) is 2. The minimum Gasteiger partial charge on any atom is -0.321 e. The molecule has 0 spiro atoms. The first kappa shape index (κ1) is 13.9. The van der Waals surface area contributed by atoms with Gasteiger partial charge in [0.1, 0.15) is 5.71 Å². The van der Waals surface area contributed by atoms with Crippen molar-refractivity contribution < 1.29 is 19.2 Å². The third-order valence-electron chi connectivity index (χ3n) is 3.51. The van der Waals surface area contributed by atoms with Crippen molar-refractivity contribution in [2.45, 2.75) is 12.8 Å². The van der Waals surface area contributed by atoms with Crippen LogP contribution in [-0.4, -0.2) is 41.3 Å². The molecule has 0 aliphatic carbocycles. The number of hydrogen-bond acceptors (Lipinski definition) is 5. The average molecular weight is 300 g/mol. The van der Waals surface area contributed by atoms with Crippen molar-refractivity contribution in [3.63, 3.8) is 0 Å². The Morgan fingerprint density at radius 3 is 2.59 bits per heavy atom. The summed E-state index contributed by atoms with van der Waals surface area (Å²) in [6, 6.07) is 4.50. The lowest BCUT2D eigenvalue weighted by Crippen LogP contribution is -2.32. The average Bonchev–Trinajstić information content (AvgIpc) is 2.72. The van der Waals surface area contributed by atoms with Crippen molar-refractivity contribution >= 4 is 35.0 Å². The minimum atomic E-state index is -0.454. The molecule has 1 aromatic rings. The molecule has 0 fully saturated rings. The number of carbonyl (C=O) groups is 4. The third-order valence-corrected chi connectivity index (χ3v) is 3.51. The summed E-state index contributed by atoms with van der Waals surface area (Å²) < 4.78 is 0. The monoisotopic (exact) mass is 300 g/mol. The standard InChI is InChI=1S/C14H12N4O4/c1-18-13(21)8-3-2-7(6-9(8)14(18)22)15-12(20)10-4-5-11(19)17-16-10/h2-3,6H,4-5H2,1H3,(H,15,20)(H,17,19). The molecule has 2 aliphatic heterocycles. The van der Waals surface area contributed by atoms with Gasteiger partial charge < -0.3 is 5.32 Å². The molecular weight excluding hydrogens is 288 g/mol. The highest BCUT2D eigenvalue weighted by Gasteiger charge is 2.32. The van der Waals surface area contributed by atoms with Gasteiger partial charge in [0.25, 0.3) is 17.7 Å². The topological polar surface area (TPSA) is 108 Å². The maximum atomic E-state index is 12.0. The number of fused-ring (bicyclic) bond motifs is 1. The summed E-state index contributed by atoms with van der Waals surface area (Å²) in [7, 11) is 1.41. The van der Waals surface area contributed by atoms with Crippen LogP contribution < -0.4 is 10.7 Å². The lowest BCUT2D eigenvalue weighted by molar-refractivity contribution is -0.121. The van der Waals surface area contributed by atoms with E-state index in [1.807, 2.05) is 0 Å². The number of amides is 4. The fraction of sp³-hybridized carbons (Fsp3) is 0.214. The van der Waals surface area contributed by atoms with Gasteiger partial charge in [0.2, 0.25) is 5.91 Å². The van der Waals surface area contributed by atoms with Gasteiger partial charge in [0, 0.05) is 25.6 Å². The second kappa shape index (κ2) is 5.06. The maximum absolute atomic E-state index is 12.0. The van der Waals surface area contributed by atoms with E-state index in [1.165, 1.54) is 19.2 Å². The molecule has 2 aliphatic rings. The second-order valence-electron chi connectivity index (χ2n) is 4.98. The highest BCUT2D eigenvalue weighted by atomic mass is 16.2. The molecule has 0 aromatic heterocycles. The summed E-state index contributed by atoms with van der Waals surface area (Å²) in [5.74, 6) is -1.46. The van der Waals surface area contributed by atoms with Gasteiger partial charge in [-0.3, -0.25) is 24.1 Å². The van der Waals surface area contributed by atoms with Gasteiger partial charge in [-0.2, -0.15) is 5.10 Å². The Bertz CT molecular complexity index is 753. The van der Waals surface area contributed by atoms with Crippen molar-refractivity contribution in [3.05, 3.63) is 29.3 Å². The molecule has 0 bridgehead atoms. The molecule has 112 valence electrons.